The number of hydrogen-bond donors (Lipinski definition) is 2. The van der Waals surface area contributed by atoms with Crippen molar-refractivity contribution in [1.82, 2.24) is 14.8 Å². The van der Waals surface area contributed by atoms with E-state index in [4.69, 9.17) is 0 Å². The summed E-state index contributed by atoms with van der Waals surface area (Å²) in [5.74, 6) is 0.517. The number of aromatic nitrogens is 3. The number of nitrogens with zero attached hydrogens (tertiary/aromatic N) is 3. The van der Waals surface area contributed by atoms with Gasteiger partial charge in [-0.25, -0.2) is 0 Å². The van der Waals surface area contributed by atoms with E-state index in [1.165, 1.54) is 11.8 Å². The Morgan fingerprint density at radius 3 is 2.42 bits per heavy atom. The maximum atomic E-state index is 12.4. The molecule has 0 spiro atoms. The van der Waals surface area contributed by atoms with E-state index in [0.717, 1.165) is 28.1 Å². The number of benzene rings is 2. The maximum Gasteiger partial charge on any atom is 0.234 e. The van der Waals surface area contributed by atoms with Crippen molar-refractivity contribution in [2.75, 3.05) is 16.4 Å². The molecule has 0 aliphatic carbocycles. The molecule has 2 aromatic carbocycles. The Hall–Kier alpha value is -3.13. The molecule has 0 radical (unpaired) electrons. The van der Waals surface area contributed by atoms with Crippen molar-refractivity contribution in [3.05, 3.63) is 65.0 Å². The van der Waals surface area contributed by atoms with Gasteiger partial charge in [-0.05, 0) is 57.0 Å². The maximum absolute atomic E-state index is 12.4. The minimum absolute atomic E-state index is 0.108. The monoisotopic (exact) mass is 437 g/mol. The lowest BCUT2D eigenvalue weighted by Crippen LogP contribution is -2.18. The molecule has 2 N–H and O–H groups in total. The van der Waals surface area contributed by atoms with Crippen molar-refractivity contribution in [3.63, 3.8) is 0 Å². The van der Waals surface area contributed by atoms with Gasteiger partial charge in [0.25, 0.3) is 0 Å². The van der Waals surface area contributed by atoms with Crippen LogP contribution in [0.4, 0.5) is 11.4 Å². The fraction of sp³-hybridized carbons (Fsp3) is 0.304. The first-order valence-corrected chi connectivity index (χ1v) is 11.1. The standard InChI is InChI=1S/C23H27N5O2S/c1-5-28-20(13-21(29)24-18-11-9-15(2)10-12-18)26-27-23(28)31-14-22(30)25-19-8-6-7-16(3)17(19)4/h6-12H,5,13-14H2,1-4H3,(H,24,29)(H,25,30). The van der Waals surface area contributed by atoms with Gasteiger partial charge in [0.05, 0.1) is 12.2 Å². The second-order valence-corrected chi connectivity index (χ2v) is 8.26. The zero-order valence-corrected chi connectivity index (χ0v) is 19.0. The van der Waals surface area contributed by atoms with Crippen LogP contribution in [0.3, 0.4) is 0 Å². The number of carbonyl (C=O) groups excluding carboxylic acids is 2. The summed E-state index contributed by atoms with van der Waals surface area (Å²) in [5, 5.41) is 14.8. The number of rotatable bonds is 8. The Balaban J connectivity index is 1.59. The fourth-order valence-electron chi connectivity index (χ4n) is 3.06. The van der Waals surface area contributed by atoms with E-state index in [9.17, 15) is 9.59 Å². The molecule has 0 saturated heterocycles. The van der Waals surface area contributed by atoms with Crippen molar-refractivity contribution in [2.24, 2.45) is 0 Å². The van der Waals surface area contributed by atoms with Crippen LogP contribution >= 0.6 is 11.8 Å². The van der Waals surface area contributed by atoms with Crippen molar-refractivity contribution >= 4 is 35.0 Å². The number of anilines is 2. The number of thioether (sulfide) groups is 1. The van der Waals surface area contributed by atoms with Gasteiger partial charge < -0.3 is 15.2 Å². The summed E-state index contributed by atoms with van der Waals surface area (Å²) in [6, 6.07) is 13.5. The number of carbonyl (C=O) groups is 2. The van der Waals surface area contributed by atoms with Crippen LogP contribution in [0.2, 0.25) is 0 Å². The summed E-state index contributed by atoms with van der Waals surface area (Å²) in [6.45, 7) is 8.57. The first kappa shape index (κ1) is 22.6. The number of nitrogens with one attached hydrogen (secondary N) is 2. The third-order valence-electron chi connectivity index (χ3n) is 4.97. The van der Waals surface area contributed by atoms with Gasteiger partial charge >= 0.3 is 0 Å². The van der Waals surface area contributed by atoms with Crippen LogP contribution in [-0.2, 0) is 22.6 Å². The van der Waals surface area contributed by atoms with Crippen molar-refractivity contribution in [3.8, 4) is 0 Å². The number of amides is 2. The summed E-state index contributed by atoms with van der Waals surface area (Å²) in [6.07, 6.45) is 0.115. The van der Waals surface area contributed by atoms with Gasteiger partial charge in [0.15, 0.2) is 5.16 Å². The highest BCUT2D eigenvalue weighted by atomic mass is 32.2. The van der Waals surface area contributed by atoms with Crippen LogP contribution in [0.5, 0.6) is 0 Å². The van der Waals surface area contributed by atoms with E-state index in [-0.39, 0.29) is 24.0 Å². The average molecular weight is 438 g/mol. The summed E-state index contributed by atoms with van der Waals surface area (Å²) < 4.78 is 1.87. The van der Waals surface area contributed by atoms with Gasteiger partial charge in [-0.3, -0.25) is 9.59 Å². The van der Waals surface area contributed by atoms with Crippen LogP contribution < -0.4 is 10.6 Å². The topological polar surface area (TPSA) is 88.9 Å². The van der Waals surface area contributed by atoms with Gasteiger partial charge in [-0.2, -0.15) is 0 Å². The average Bonchev–Trinajstić information content (AvgIpc) is 3.13. The zero-order chi connectivity index (χ0) is 22.4. The lowest BCUT2D eigenvalue weighted by molar-refractivity contribution is -0.116. The molecule has 1 aromatic heterocycles. The molecule has 0 saturated carbocycles. The quantitative estimate of drug-likeness (QED) is 0.517. The molecule has 1 heterocycles. The molecule has 0 atom stereocenters. The minimum Gasteiger partial charge on any atom is -0.326 e. The molecular formula is C23H27N5O2S. The Kier molecular flexibility index (Phi) is 7.46. The number of aryl methyl sites for hydroxylation is 2. The van der Waals surface area contributed by atoms with E-state index in [1.54, 1.807) is 0 Å². The van der Waals surface area contributed by atoms with E-state index < -0.39 is 0 Å². The Morgan fingerprint density at radius 1 is 0.968 bits per heavy atom. The zero-order valence-electron chi connectivity index (χ0n) is 18.2. The molecule has 0 fully saturated rings. The lowest BCUT2D eigenvalue weighted by Gasteiger charge is -2.11. The molecule has 31 heavy (non-hydrogen) atoms. The van der Waals surface area contributed by atoms with E-state index in [2.05, 4.69) is 20.8 Å². The van der Waals surface area contributed by atoms with Gasteiger partial charge in [0.1, 0.15) is 5.82 Å². The smallest absolute Gasteiger partial charge is 0.234 e. The van der Waals surface area contributed by atoms with Crippen LogP contribution in [0.15, 0.2) is 47.6 Å². The predicted molar refractivity (Wildman–Crippen MR) is 124 cm³/mol. The van der Waals surface area contributed by atoms with E-state index >= 15 is 0 Å². The Bertz CT molecular complexity index is 1080. The second kappa shape index (κ2) is 10.3. The fourth-order valence-corrected chi connectivity index (χ4v) is 3.88. The molecule has 3 rings (SSSR count). The molecule has 162 valence electrons. The Morgan fingerprint density at radius 2 is 1.71 bits per heavy atom. The van der Waals surface area contributed by atoms with Crippen LogP contribution in [0.1, 0.15) is 29.4 Å². The molecule has 2 amide bonds. The molecule has 8 heteroatoms. The van der Waals surface area contributed by atoms with Gasteiger partial charge in [0, 0.05) is 17.9 Å². The second-order valence-electron chi connectivity index (χ2n) is 7.32. The van der Waals surface area contributed by atoms with Crippen LogP contribution in [0.25, 0.3) is 0 Å². The van der Waals surface area contributed by atoms with Crippen molar-refractivity contribution in [2.45, 2.75) is 45.8 Å². The first-order valence-electron chi connectivity index (χ1n) is 10.1. The van der Waals surface area contributed by atoms with Crippen LogP contribution in [0, 0.1) is 20.8 Å². The highest BCUT2D eigenvalue weighted by Crippen LogP contribution is 2.21. The van der Waals surface area contributed by atoms with Gasteiger partial charge in [-0.15, -0.1) is 10.2 Å². The molecule has 0 unspecified atom stereocenters. The summed E-state index contributed by atoms with van der Waals surface area (Å²) in [7, 11) is 0. The van der Waals surface area contributed by atoms with E-state index in [1.807, 2.05) is 74.7 Å². The minimum atomic E-state index is -0.157. The highest BCUT2D eigenvalue weighted by molar-refractivity contribution is 7.99. The van der Waals surface area contributed by atoms with E-state index in [0.29, 0.717) is 17.5 Å². The normalized spacial score (nSPS) is 10.7. The van der Waals surface area contributed by atoms with Crippen molar-refractivity contribution < 1.29 is 9.59 Å². The third kappa shape index (κ3) is 5.95. The number of hydrogen-bond acceptors (Lipinski definition) is 5. The summed E-state index contributed by atoms with van der Waals surface area (Å²) in [4.78, 5) is 24.8. The summed E-state index contributed by atoms with van der Waals surface area (Å²) >= 11 is 1.31. The lowest BCUT2D eigenvalue weighted by atomic mass is 10.1. The molecule has 0 bridgehead atoms. The summed E-state index contributed by atoms with van der Waals surface area (Å²) in [5.41, 5.74) is 4.88. The first-order chi connectivity index (χ1) is 14.9. The van der Waals surface area contributed by atoms with Crippen LogP contribution in [-0.4, -0.2) is 32.3 Å². The Labute approximate surface area is 186 Å². The van der Waals surface area contributed by atoms with Gasteiger partial charge in [-0.1, -0.05) is 41.6 Å². The highest BCUT2D eigenvalue weighted by Gasteiger charge is 2.16. The van der Waals surface area contributed by atoms with Gasteiger partial charge in [0.2, 0.25) is 11.8 Å². The third-order valence-corrected chi connectivity index (χ3v) is 5.94. The molecule has 0 aliphatic rings. The molecule has 3 aromatic rings. The molecular weight excluding hydrogens is 410 g/mol. The van der Waals surface area contributed by atoms with Crippen molar-refractivity contribution in [1.29, 1.82) is 0 Å². The SMILES string of the molecule is CCn1c(CC(=O)Nc2ccc(C)cc2)nnc1SCC(=O)Nc1cccc(C)c1C. The molecule has 0 aliphatic heterocycles. The molecule has 7 nitrogen and oxygen atoms in total. The largest absolute Gasteiger partial charge is 0.326 e. The predicted octanol–water partition coefficient (Wildman–Crippen LogP) is 4.14.